The molecule has 0 bridgehead atoms. The van der Waals surface area contributed by atoms with Crippen molar-refractivity contribution in [2.24, 2.45) is 0 Å². The molecule has 2 heterocycles. The van der Waals surface area contributed by atoms with Gasteiger partial charge >= 0.3 is 0 Å². The molecule has 2 saturated heterocycles. The zero-order valence-electron chi connectivity index (χ0n) is 9.48. The summed E-state index contributed by atoms with van der Waals surface area (Å²) in [6.45, 7) is 2.99. The largest absolute Gasteiger partial charge is 0.346 e. The second-order valence-corrected chi connectivity index (χ2v) is 7.89. The van der Waals surface area contributed by atoms with Crippen LogP contribution >= 0.6 is 11.8 Å². The molecule has 2 aliphatic rings. The van der Waals surface area contributed by atoms with Crippen molar-refractivity contribution in [2.45, 2.75) is 37.5 Å². The van der Waals surface area contributed by atoms with Crippen molar-refractivity contribution in [1.82, 2.24) is 4.90 Å². The van der Waals surface area contributed by atoms with Gasteiger partial charge in [0.15, 0.2) is 15.0 Å². The maximum atomic E-state index is 11.5. The summed E-state index contributed by atoms with van der Waals surface area (Å²) >= 11 is 1.43. The van der Waals surface area contributed by atoms with Gasteiger partial charge in [0, 0.05) is 11.8 Å². The van der Waals surface area contributed by atoms with E-state index < -0.39 is 9.84 Å². The van der Waals surface area contributed by atoms with E-state index in [2.05, 4.69) is 6.92 Å². The minimum Gasteiger partial charge on any atom is -0.346 e. The molecular formula is C10H18N2O2S2. The van der Waals surface area contributed by atoms with Crippen LogP contribution in [0.25, 0.3) is 0 Å². The van der Waals surface area contributed by atoms with Crippen molar-refractivity contribution in [1.29, 1.82) is 5.41 Å². The SMILES string of the molecule is CCCCCN1C(=N)S[C@H]2CS(=O)(=O)C[C@H]21. The number of nitrogens with one attached hydrogen (secondary N) is 1. The highest BCUT2D eigenvalue weighted by molar-refractivity contribution is 8.15. The Hall–Kier alpha value is -0.230. The van der Waals surface area contributed by atoms with E-state index in [9.17, 15) is 8.42 Å². The van der Waals surface area contributed by atoms with Gasteiger partial charge in [0.05, 0.1) is 17.5 Å². The van der Waals surface area contributed by atoms with Crippen LogP contribution in [0.2, 0.25) is 0 Å². The molecular weight excluding hydrogens is 244 g/mol. The number of sulfone groups is 1. The third kappa shape index (κ3) is 2.37. The zero-order valence-corrected chi connectivity index (χ0v) is 11.1. The molecule has 16 heavy (non-hydrogen) atoms. The minimum atomic E-state index is -2.85. The summed E-state index contributed by atoms with van der Waals surface area (Å²) < 4.78 is 23.0. The van der Waals surface area contributed by atoms with Crippen LogP contribution in [0, 0.1) is 5.41 Å². The van der Waals surface area contributed by atoms with E-state index >= 15 is 0 Å². The average molecular weight is 262 g/mol. The minimum absolute atomic E-state index is 0.0688. The Morgan fingerprint density at radius 3 is 2.88 bits per heavy atom. The van der Waals surface area contributed by atoms with E-state index in [1.165, 1.54) is 11.8 Å². The maximum Gasteiger partial charge on any atom is 0.157 e. The highest BCUT2D eigenvalue weighted by Gasteiger charge is 2.47. The van der Waals surface area contributed by atoms with Crippen molar-refractivity contribution in [3.05, 3.63) is 0 Å². The number of hydrogen-bond acceptors (Lipinski definition) is 4. The van der Waals surface area contributed by atoms with Gasteiger partial charge in [-0.25, -0.2) is 8.42 Å². The van der Waals surface area contributed by atoms with Gasteiger partial charge in [-0.3, -0.25) is 5.41 Å². The molecule has 0 radical (unpaired) electrons. The van der Waals surface area contributed by atoms with E-state index in [4.69, 9.17) is 5.41 Å². The topological polar surface area (TPSA) is 61.2 Å². The lowest BCUT2D eigenvalue weighted by molar-refractivity contribution is 0.346. The fourth-order valence-electron chi connectivity index (χ4n) is 2.36. The summed E-state index contributed by atoms with van der Waals surface area (Å²) in [5.41, 5.74) is 0. The van der Waals surface area contributed by atoms with Crippen molar-refractivity contribution in [3.8, 4) is 0 Å². The summed E-state index contributed by atoms with van der Waals surface area (Å²) in [6, 6.07) is 0.0688. The summed E-state index contributed by atoms with van der Waals surface area (Å²) in [5, 5.41) is 8.54. The van der Waals surface area contributed by atoms with Gasteiger partial charge in [0.25, 0.3) is 0 Å². The second-order valence-electron chi connectivity index (χ2n) is 4.51. The third-order valence-corrected chi connectivity index (χ3v) is 6.37. The highest BCUT2D eigenvalue weighted by atomic mass is 32.2. The number of rotatable bonds is 4. The summed E-state index contributed by atoms with van der Waals surface area (Å²) in [6.07, 6.45) is 3.36. The van der Waals surface area contributed by atoms with E-state index in [1.807, 2.05) is 4.90 Å². The lowest BCUT2D eigenvalue weighted by Gasteiger charge is -2.23. The summed E-state index contributed by atoms with van der Waals surface area (Å²) in [4.78, 5) is 2.00. The zero-order chi connectivity index (χ0) is 11.8. The molecule has 2 fully saturated rings. The first-order valence-electron chi connectivity index (χ1n) is 5.76. The molecule has 1 N–H and O–H groups in total. The van der Waals surface area contributed by atoms with E-state index in [-0.39, 0.29) is 22.8 Å². The molecule has 2 aliphatic heterocycles. The van der Waals surface area contributed by atoms with Gasteiger partial charge in [-0.05, 0) is 6.42 Å². The average Bonchev–Trinajstić information content (AvgIpc) is 2.60. The van der Waals surface area contributed by atoms with Crippen LogP contribution < -0.4 is 0 Å². The number of nitrogens with zero attached hydrogens (tertiary/aromatic N) is 1. The van der Waals surface area contributed by atoms with Gasteiger partial charge in [0.2, 0.25) is 0 Å². The second kappa shape index (κ2) is 4.56. The van der Waals surface area contributed by atoms with E-state index in [1.54, 1.807) is 0 Å². The highest BCUT2D eigenvalue weighted by Crippen LogP contribution is 2.37. The number of unbranched alkanes of at least 4 members (excludes halogenated alkanes) is 2. The monoisotopic (exact) mass is 262 g/mol. The Morgan fingerprint density at radius 2 is 2.19 bits per heavy atom. The molecule has 0 aromatic carbocycles. The number of hydrogen-bond donors (Lipinski definition) is 1. The molecule has 0 amide bonds. The van der Waals surface area contributed by atoms with Crippen LogP contribution in [0.4, 0.5) is 0 Å². The van der Waals surface area contributed by atoms with Crippen LogP contribution in [0.5, 0.6) is 0 Å². The van der Waals surface area contributed by atoms with Gasteiger partial charge in [0.1, 0.15) is 0 Å². The molecule has 6 heteroatoms. The van der Waals surface area contributed by atoms with E-state index in [0.717, 1.165) is 25.8 Å². The fraction of sp³-hybridized carbons (Fsp3) is 0.900. The third-order valence-electron chi connectivity index (χ3n) is 3.20. The van der Waals surface area contributed by atoms with Gasteiger partial charge in [-0.15, -0.1) is 0 Å². The van der Waals surface area contributed by atoms with Crippen molar-refractivity contribution in [3.63, 3.8) is 0 Å². The predicted molar refractivity (Wildman–Crippen MR) is 67.8 cm³/mol. The molecule has 0 aromatic rings. The Labute approximate surface area is 101 Å². The normalized spacial score (nSPS) is 32.1. The number of amidine groups is 1. The van der Waals surface area contributed by atoms with Crippen LogP contribution in [0.1, 0.15) is 26.2 Å². The first kappa shape index (κ1) is 12.2. The van der Waals surface area contributed by atoms with Crippen LogP contribution in [-0.2, 0) is 9.84 Å². The molecule has 0 unspecified atom stereocenters. The quantitative estimate of drug-likeness (QED) is 0.776. The molecule has 0 spiro atoms. The predicted octanol–water partition coefficient (Wildman–Crippen LogP) is 1.33. The van der Waals surface area contributed by atoms with Crippen molar-refractivity contribution in [2.75, 3.05) is 18.1 Å². The molecule has 2 atom stereocenters. The molecule has 0 aliphatic carbocycles. The Kier molecular flexibility index (Phi) is 3.49. The first-order chi connectivity index (χ1) is 7.53. The summed E-state index contributed by atoms with van der Waals surface area (Å²) in [5.74, 6) is 0.508. The Bertz CT molecular complexity index is 380. The molecule has 0 aromatic heterocycles. The lowest BCUT2D eigenvalue weighted by atomic mass is 10.2. The first-order valence-corrected chi connectivity index (χ1v) is 8.46. The van der Waals surface area contributed by atoms with Crippen molar-refractivity contribution >= 4 is 26.8 Å². The smallest absolute Gasteiger partial charge is 0.157 e. The fourth-order valence-corrected chi connectivity index (χ4v) is 6.22. The van der Waals surface area contributed by atoms with Gasteiger partial charge < -0.3 is 4.90 Å². The van der Waals surface area contributed by atoms with E-state index in [0.29, 0.717) is 5.17 Å². The molecule has 0 saturated carbocycles. The van der Waals surface area contributed by atoms with Crippen molar-refractivity contribution < 1.29 is 8.42 Å². The van der Waals surface area contributed by atoms with Crippen LogP contribution in [0.15, 0.2) is 0 Å². The maximum absolute atomic E-state index is 11.5. The van der Waals surface area contributed by atoms with Crippen LogP contribution in [0.3, 0.4) is 0 Å². The Balaban J connectivity index is 1.99. The summed E-state index contributed by atoms with van der Waals surface area (Å²) in [7, 11) is -2.85. The van der Waals surface area contributed by atoms with Gasteiger partial charge in [-0.1, -0.05) is 31.5 Å². The van der Waals surface area contributed by atoms with Gasteiger partial charge in [-0.2, -0.15) is 0 Å². The molecule has 92 valence electrons. The van der Waals surface area contributed by atoms with Crippen LogP contribution in [-0.4, -0.2) is 47.8 Å². The standard InChI is InChI=1S/C10H18N2O2S2/c1-2-3-4-5-12-8-6-16(13,14)7-9(8)15-10(12)11/h8-9,11H,2-7H2,1H3/t8-,9+/m1/s1. The number of fused-ring (bicyclic) bond motifs is 1. The Morgan fingerprint density at radius 1 is 1.44 bits per heavy atom. The molecule has 4 nitrogen and oxygen atoms in total. The lowest BCUT2D eigenvalue weighted by Crippen LogP contribution is -2.37. The number of thioether (sulfide) groups is 1. The molecule has 2 rings (SSSR count).